The molecule has 0 saturated carbocycles. The Morgan fingerprint density at radius 2 is 1.90 bits per heavy atom. The maximum atomic E-state index is 13.9. The third-order valence-corrected chi connectivity index (χ3v) is 3.91. The summed E-state index contributed by atoms with van der Waals surface area (Å²) in [6, 6.07) is 15.5. The number of aliphatic hydroxyl groups excluding tert-OH is 1. The molecule has 21 heavy (non-hydrogen) atoms. The number of hydrogen-bond donors (Lipinski definition) is 1. The monoisotopic (exact) mass is 283 g/mol. The maximum Gasteiger partial charge on any atom is 0.129 e. The molecule has 2 unspecified atom stereocenters. The highest BCUT2D eigenvalue weighted by Gasteiger charge is 2.44. The molecule has 2 aromatic rings. The number of nitrogens with zero attached hydrogens (tertiary/aromatic N) is 1. The van der Waals surface area contributed by atoms with Gasteiger partial charge in [0.25, 0.3) is 0 Å². The van der Waals surface area contributed by atoms with E-state index in [1.54, 1.807) is 12.1 Å². The summed E-state index contributed by atoms with van der Waals surface area (Å²) in [6.07, 6.45) is -0.910. The predicted molar refractivity (Wildman–Crippen MR) is 75.0 cm³/mol. The van der Waals surface area contributed by atoms with E-state index in [-0.39, 0.29) is 12.2 Å². The van der Waals surface area contributed by atoms with Crippen molar-refractivity contribution < 1.29 is 14.2 Å². The molecule has 3 rings (SSSR count). The molecule has 2 aromatic carbocycles. The zero-order valence-electron chi connectivity index (χ0n) is 11.3. The largest absolute Gasteiger partial charge is 0.492 e. The van der Waals surface area contributed by atoms with Gasteiger partial charge in [0.1, 0.15) is 29.7 Å². The SMILES string of the molecule is N#CC1(C(O)c2ccccc2F)COc2ccccc2C1. The van der Waals surface area contributed by atoms with E-state index in [9.17, 15) is 14.8 Å². The Hall–Kier alpha value is -2.38. The molecule has 0 spiro atoms. The van der Waals surface area contributed by atoms with Gasteiger partial charge in [-0.3, -0.25) is 0 Å². The van der Waals surface area contributed by atoms with Gasteiger partial charge in [-0.1, -0.05) is 36.4 Å². The minimum atomic E-state index is -1.24. The zero-order valence-corrected chi connectivity index (χ0v) is 11.3. The van der Waals surface area contributed by atoms with Crippen molar-refractivity contribution in [1.82, 2.24) is 0 Å². The van der Waals surface area contributed by atoms with Crippen molar-refractivity contribution in [2.24, 2.45) is 5.41 Å². The lowest BCUT2D eigenvalue weighted by Gasteiger charge is -2.36. The molecule has 1 heterocycles. The van der Waals surface area contributed by atoms with Gasteiger partial charge in [0.15, 0.2) is 0 Å². The quantitative estimate of drug-likeness (QED) is 0.921. The zero-order chi connectivity index (χ0) is 14.9. The lowest BCUT2D eigenvalue weighted by molar-refractivity contribution is 0.0150. The van der Waals surface area contributed by atoms with E-state index in [1.165, 1.54) is 12.1 Å². The Morgan fingerprint density at radius 1 is 1.19 bits per heavy atom. The number of benzene rings is 2. The number of fused-ring (bicyclic) bond motifs is 1. The smallest absolute Gasteiger partial charge is 0.129 e. The van der Waals surface area contributed by atoms with Gasteiger partial charge in [-0.15, -0.1) is 0 Å². The summed E-state index contributed by atoms with van der Waals surface area (Å²) in [5.41, 5.74) is -0.209. The molecule has 0 saturated heterocycles. The van der Waals surface area contributed by atoms with E-state index < -0.39 is 17.3 Å². The molecule has 1 N–H and O–H groups in total. The van der Waals surface area contributed by atoms with Gasteiger partial charge in [-0.05, 0) is 17.7 Å². The fourth-order valence-electron chi connectivity index (χ4n) is 2.69. The van der Waals surface area contributed by atoms with Crippen LogP contribution in [0.2, 0.25) is 0 Å². The highest BCUT2D eigenvalue weighted by Crippen LogP contribution is 2.43. The lowest BCUT2D eigenvalue weighted by atomic mass is 9.74. The molecule has 1 aliphatic rings. The second-order valence-corrected chi connectivity index (χ2v) is 5.27. The van der Waals surface area contributed by atoms with Crippen LogP contribution in [0.4, 0.5) is 4.39 Å². The number of hydrogen-bond acceptors (Lipinski definition) is 3. The summed E-state index contributed by atoms with van der Waals surface area (Å²) < 4.78 is 19.5. The van der Waals surface area contributed by atoms with E-state index in [4.69, 9.17) is 4.74 Å². The van der Waals surface area contributed by atoms with E-state index >= 15 is 0 Å². The molecule has 2 atom stereocenters. The Morgan fingerprint density at radius 3 is 2.67 bits per heavy atom. The number of rotatable bonds is 2. The van der Waals surface area contributed by atoms with E-state index in [0.717, 1.165) is 5.56 Å². The van der Waals surface area contributed by atoms with E-state index in [0.29, 0.717) is 12.2 Å². The molecular weight excluding hydrogens is 269 g/mol. The van der Waals surface area contributed by atoms with Crippen molar-refractivity contribution in [2.45, 2.75) is 12.5 Å². The van der Waals surface area contributed by atoms with Crippen LogP contribution in [0.1, 0.15) is 17.2 Å². The number of ether oxygens (including phenoxy) is 1. The van der Waals surface area contributed by atoms with E-state index in [1.807, 2.05) is 24.3 Å². The number of para-hydroxylation sites is 1. The van der Waals surface area contributed by atoms with Gasteiger partial charge in [0.05, 0.1) is 6.07 Å². The average molecular weight is 283 g/mol. The number of nitriles is 1. The van der Waals surface area contributed by atoms with Gasteiger partial charge < -0.3 is 9.84 Å². The van der Waals surface area contributed by atoms with Crippen LogP contribution in [0, 0.1) is 22.6 Å². The van der Waals surface area contributed by atoms with Crippen molar-refractivity contribution in [3.63, 3.8) is 0 Å². The van der Waals surface area contributed by atoms with Crippen LogP contribution in [-0.2, 0) is 6.42 Å². The molecule has 1 aliphatic heterocycles. The molecule has 0 fully saturated rings. The molecule has 0 bridgehead atoms. The van der Waals surface area contributed by atoms with Crippen molar-refractivity contribution in [3.8, 4) is 11.8 Å². The first-order valence-electron chi connectivity index (χ1n) is 6.71. The summed E-state index contributed by atoms with van der Waals surface area (Å²) in [6.45, 7) is 0.0377. The normalized spacial score (nSPS) is 21.8. The number of aliphatic hydroxyl groups is 1. The van der Waals surface area contributed by atoms with Crippen LogP contribution in [0.3, 0.4) is 0 Å². The summed E-state index contributed by atoms with van der Waals surface area (Å²) in [7, 11) is 0. The number of halogens is 1. The van der Waals surface area contributed by atoms with Gasteiger partial charge in [0.2, 0.25) is 0 Å². The van der Waals surface area contributed by atoms with Gasteiger partial charge in [-0.2, -0.15) is 5.26 Å². The topological polar surface area (TPSA) is 53.2 Å². The van der Waals surface area contributed by atoms with E-state index in [2.05, 4.69) is 6.07 Å². The summed E-state index contributed by atoms with van der Waals surface area (Å²) in [4.78, 5) is 0. The van der Waals surface area contributed by atoms with Crippen LogP contribution >= 0.6 is 0 Å². The summed E-state index contributed by atoms with van der Waals surface area (Å²) in [5, 5.41) is 20.1. The molecule has 0 aromatic heterocycles. The molecular formula is C17H14FNO2. The van der Waals surface area contributed by atoms with Gasteiger partial charge in [-0.25, -0.2) is 4.39 Å². The second-order valence-electron chi connectivity index (χ2n) is 5.27. The molecule has 4 heteroatoms. The highest BCUT2D eigenvalue weighted by atomic mass is 19.1. The Kier molecular flexibility index (Phi) is 3.36. The first kappa shape index (κ1) is 13.6. The Bertz CT molecular complexity index is 710. The van der Waals surface area contributed by atoms with Crippen molar-refractivity contribution >= 4 is 0 Å². The standard InChI is InChI=1S/C17H14FNO2/c18-14-7-3-2-6-13(14)16(20)17(10-19)9-12-5-1-4-8-15(12)21-11-17/h1-8,16,20H,9,11H2. The van der Waals surface area contributed by atoms with Crippen molar-refractivity contribution in [1.29, 1.82) is 5.26 Å². The van der Waals surface area contributed by atoms with Crippen molar-refractivity contribution in [2.75, 3.05) is 6.61 Å². The summed E-state index contributed by atoms with van der Waals surface area (Å²) in [5.74, 6) is 0.197. The Labute approximate surface area is 122 Å². The van der Waals surface area contributed by atoms with Gasteiger partial charge >= 0.3 is 0 Å². The molecule has 3 nitrogen and oxygen atoms in total. The fourth-order valence-corrected chi connectivity index (χ4v) is 2.69. The molecule has 0 aliphatic carbocycles. The lowest BCUT2D eigenvalue weighted by Crippen LogP contribution is -2.39. The van der Waals surface area contributed by atoms with Gasteiger partial charge in [0, 0.05) is 12.0 Å². The van der Waals surface area contributed by atoms with Crippen LogP contribution in [0.15, 0.2) is 48.5 Å². The maximum absolute atomic E-state index is 13.9. The van der Waals surface area contributed by atoms with Crippen LogP contribution in [0.25, 0.3) is 0 Å². The van der Waals surface area contributed by atoms with Crippen LogP contribution < -0.4 is 4.74 Å². The third-order valence-electron chi connectivity index (χ3n) is 3.91. The molecule has 106 valence electrons. The van der Waals surface area contributed by atoms with Crippen LogP contribution in [0.5, 0.6) is 5.75 Å². The Balaban J connectivity index is 2.00. The highest BCUT2D eigenvalue weighted by molar-refractivity contribution is 5.39. The predicted octanol–water partition coefficient (Wildman–Crippen LogP) is 3.00. The molecule has 0 radical (unpaired) electrons. The third kappa shape index (κ3) is 2.26. The fraction of sp³-hybridized carbons (Fsp3) is 0.235. The summed E-state index contributed by atoms with van der Waals surface area (Å²) >= 11 is 0. The first-order chi connectivity index (χ1) is 10.2. The minimum absolute atomic E-state index is 0.0377. The second kappa shape index (κ2) is 5.19. The van der Waals surface area contributed by atoms with Crippen molar-refractivity contribution in [3.05, 3.63) is 65.5 Å². The molecule has 0 amide bonds. The minimum Gasteiger partial charge on any atom is -0.492 e. The van der Waals surface area contributed by atoms with Crippen LogP contribution in [-0.4, -0.2) is 11.7 Å². The first-order valence-corrected chi connectivity index (χ1v) is 6.71. The average Bonchev–Trinajstić information content (AvgIpc) is 2.54.